The van der Waals surface area contributed by atoms with Gasteiger partial charge in [-0.15, -0.1) is 0 Å². The summed E-state index contributed by atoms with van der Waals surface area (Å²) in [4.78, 5) is 24.9. The third kappa shape index (κ3) is 3.42. The fourth-order valence-electron chi connectivity index (χ4n) is 2.42. The van der Waals surface area contributed by atoms with E-state index >= 15 is 0 Å². The first-order valence-electron chi connectivity index (χ1n) is 6.48. The second-order valence-corrected chi connectivity index (χ2v) is 5.08. The van der Waals surface area contributed by atoms with Gasteiger partial charge in [0.15, 0.2) is 0 Å². The quantitative estimate of drug-likeness (QED) is 0.931. The number of rotatable bonds is 3. The minimum Gasteiger partial charge on any atom is -0.453 e. The fraction of sp³-hybridized carbons (Fsp3) is 0.429. The highest BCUT2D eigenvalue weighted by molar-refractivity contribution is 6.30. The van der Waals surface area contributed by atoms with E-state index in [-0.39, 0.29) is 18.5 Å². The van der Waals surface area contributed by atoms with Gasteiger partial charge in [-0.05, 0) is 30.5 Å². The number of amides is 2. The van der Waals surface area contributed by atoms with E-state index < -0.39 is 6.09 Å². The van der Waals surface area contributed by atoms with Gasteiger partial charge in [0.2, 0.25) is 5.91 Å². The molecule has 0 saturated carbocycles. The molecule has 6 heteroatoms. The number of carbonyl (C=O) groups is 2. The molecule has 0 radical (unpaired) electrons. The van der Waals surface area contributed by atoms with Crippen LogP contribution in [0.3, 0.4) is 0 Å². The number of alkyl carbamates (subject to hydrolysis) is 1. The van der Waals surface area contributed by atoms with E-state index in [2.05, 4.69) is 10.1 Å². The minimum atomic E-state index is -0.597. The van der Waals surface area contributed by atoms with Crippen molar-refractivity contribution in [1.82, 2.24) is 10.2 Å². The zero-order chi connectivity index (χ0) is 14.5. The Morgan fingerprint density at radius 1 is 1.40 bits per heavy atom. The minimum absolute atomic E-state index is 0.0449. The summed E-state index contributed by atoms with van der Waals surface area (Å²) < 4.78 is 4.45. The van der Waals surface area contributed by atoms with Crippen molar-refractivity contribution in [3.8, 4) is 0 Å². The van der Waals surface area contributed by atoms with Crippen molar-refractivity contribution in [1.29, 1.82) is 0 Å². The summed E-state index contributed by atoms with van der Waals surface area (Å²) in [5.41, 5.74) is 1.07. The third-order valence-electron chi connectivity index (χ3n) is 3.40. The molecule has 1 fully saturated rings. The first-order valence-corrected chi connectivity index (χ1v) is 6.86. The molecule has 0 aliphatic carbocycles. The smallest absolute Gasteiger partial charge is 0.407 e. The highest BCUT2D eigenvalue weighted by atomic mass is 35.5. The van der Waals surface area contributed by atoms with E-state index in [9.17, 15) is 9.59 Å². The van der Waals surface area contributed by atoms with Crippen molar-refractivity contribution in [2.75, 3.05) is 20.2 Å². The van der Waals surface area contributed by atoms with Crippen LogP contribution in [0.15, 0.2) is 24.3 Å². The normalized spacial score (nSPS) is 17.9. The number of methoxy groups -OCH3 is 1. The largest absolute Gasteiger partial charge is 0.453 e. The highest BCUT2D eigenvalue weighted by Gasteiger charge is 2.29. The van der Waals surface area contributed by atoms with Crippen molar-refractivity contribution in [3.05, 3.63) is 34.9 Å². The number of nitrogens with one attached hydrogen (secondary N) is 1. The molecule has 1 N–H and O–H groups in total. The predicted octanol–water partition coefficient (Wildman–Crippen LogP) is 2.36. The Kier molecular flexibility index (Phi) is 4.84. The number of hydrogen-bond acceptors (Lipinski definition) is 3. The van der Waals surface area contributed by atoms with Crippen molar-refractivity contribution < 1.29 is 14.3 Å². The first-order chi connectivity index (χ1) is 9.61. The number of nitrogens with zero attached hydrogens (tertiary/aromatic N) is 1. The van der Waals surface area contributed by atoms with Crippen molar-refractivity contribution in [2.24, 2.45) is 0 Å². The summed E-state index contributed by atoms with van der Waals surface area (Å²) in [5.74, 6) is -0.104. The second-order valence-electron chi connectivity index (χ2n) is 4.64. The Labute approximate surface area is 122 Å². The molecule has 2 amide bonds. The van der Waals surface area contributed by atoms with Gasteiger partial charge in [0.05, 0.1) is 13.2 Å². The van der Waals surface area contributed by atoms with Crippen LogP contribution in [0.1, 0.15) is 24.4 Å². The summed E-state index contributed by atoms with van der Waals surface area (Å²) >= 11 is 5.88. The lowest BCUT2D eigenvalue weighted by molar-refractivity contribution is -0.131. The van der Waals surface area contributed by atoms with Crippen molar-refractivity contribution in [2.45, 2.75) is 18.9 Å². The van der Waals surface area contributed by atoms with E-state index in [4.69, 9.17) is 11.6 Å². The summed E-state index contributed by atoms with van der Waals surface area (Å²) in [7, 11) is 1.27. The Balaban J connectivity index is 2.01. The summed E-state index contributed by atoms with van der Waals surface area (Å²) in [6, 6.07) is 7.58. The van der Waals surface area contributed by atoms with Gasteiger partial charge >= 0.3 is 6.09 Å². The number of likely N-dealkylation sites (tertiary alicyclic amines) is 1. The van der Waals surface area contributed by atoms with Gasteiger partial charge in [0.1, 0.15) is 6.54 Å². The molecular weight excluding hydrogens is 280 g/mol. The van der Waals surface area contributed by atoms with Crippen molar-refractivity contribution in [3.63, 3.8) is 0 Å². The summed E-state index contributed by atoms with van der Waals surface area (Å²) in [6.07, 6.45) is 1.28. The fourth-order valence-corrected chi connectivity index (χ4v) is 2.54. The maximum atomic E-state index is 12.1. The van der Waals surface area contributed by atoms with E-state index in [1.807, 2.05) is 24.3 Å². The standard InChI is InChI=1S/C14H17ClN2O3/c1-20-14(19)16-9-13(18)17-8-2-3-12(17)10-4-6-11(15)7-5-10/h4-7,12H,2-3,8-9H2,1H3,(H,16,19)/t12-/m0/s1. The monoisotopic (exact) mass is 296 g/mol. The molecule has 0 unspecified atom stereocenters. The molecule has 20 heavy (non-hydrogen) atoms. The van der Waals surface area contributed by atoms with Gasteiger partial charge in [-0.1, -0.05) is 23.7 Å². The second kappa shape index (κ2) is 6.61. The number of hydrogen-bond donors (Lipinski definition) is 1. The Morgan fingerprint density at radius 2 is 2.10 bits per heavy atom. The average Bonchev–Trinajstić information content (AvgIpc) is 2.94. The molecule has 0 spiro atoms. The van der Waals surface area contributed by atoms with Crippen LogP contribution in [0.4, 0.5) is 4.79 Å². The lowest BCUT2D eigenvalue weighted by Crippen LogP contribution is -2.39. The molecule has 1 aliphatic rings. The molecule has 0 aromatic heterocycles. The van der Waals surface area contributed by atoms with Gasteiger partial charge in [-0.3, -0.25) is 4.79 Å². The maximum Gasteiger partial charge on any atom is 0.407 e. The molecule has 1 aromatic carbocycles. The maximum absolute atomic E-state index is 12.1. The molecule has 108 valence electrons. The van der Waals surface area contributed by atoms with Crippen molar-refractivity contribution >= 4 is 23.6 Å². The SMILES string of the molecule is COC(=O)NCC(=O)N1CCC[C@H]1c1ccc(Cl)cc1. The third-order valence-corrected chi connectivity index (χ3v) is 3.65. The topological polar surface area (TPSA) is 58.6 Å². The average molecular weight is 297 g/mol. The lowest BCUT2D eigenvalue weighted by Gasteiger charge is -2.25. The molecule has 2 rings (SSSR count). The molecule has 1 heterocycles. The number of carbonyl (C=O) groups excluding carboxylic acids is 2. The van der Waals surface area contributed by atoms with Crippen LogP contribution in [-0.4, -0.2) is 37.1 Å². The molecule has 1 aromatic rings. The number of benzene rings is 1. The Bertz CT molecular complexity index is 490. The predicted molar refractivity (Wildman–Crippen MR) is 75.5 cm³/mol. The summed E-state index contributed by atoms with van der Waals surface area (Å²) in [6.45, 7) is 0.658. The molecule has 5 nitrogen and oxygen atoms in total. The van der Waals surface area contributed by atoms with E-state index in [0.29, 0.717) is 11.6 Å². The van der Waals surface area contributed by atoms with Crippen LogP contribution in [0.25, 0.3) is 0 Å². The Morgan fingerprint density at radius 3 is 2.75 bits per heavy atom. The van der Waals surface area contributed by atoms with Crippen LogP contribution in [-0.2, 0) is 9.53 Å². The molecule has 1 saturated heterocycles. The zero-order valence-electron chi connectivity index (χ0n) is 11.3. The first kappa shape index (κ1) is 14.7. The van der Waals surface area contributed by atoms with E-state index in [0.717, 1.165) is 18.4 Å². The molecule has 1 aliphatic heterocycles. The number of halogens is 1. The van der Waals surface area contributed by atoms with Crippen LogP contribution >= 0.6 is 11.6 Å². The van der Waals surface area contributed by atoms with Gasteiger partial charge in [0, 0.05) is 11.6 Å². The lowest BCUT2D eigenvalue weighted by atomic mass is 10.0. The molecule has 0 bridgehead atoms. The zero-order valence-corrected chi connectivity index (χ0v) is 12.0. The highest BCUT2D eigenvalue weighted by Crippen LogP contribution is 2.32. The Hall–Kier alpha value is -1.75. The van der Waals surface area contributed by atoms with Gasteiger partial charge in [-0.25, -0.2) is 4.79 Å². The van der Waals surface area contributed by atoms with E-state index in [1.54, 1.807) is 4.90 Å². The van der Waals surface area contributed by atoms with Crippen LogP contribution in [0, 0.1) is 0 Å². The van der Waals surface area contributed by atoms with E-state index in [1.165, 1.54) is 7.11 Å². The van der Waals surface area contributed by atoms with Crippen LogP contribution in [0.2, 0.25) is 5.02 Å². The number of ether oxygens (including phenoxy) is 1. The van der Waals surface area contributed by atoms with Gasteiger partial charge in [-0.2, -0.15) is 0 Å². The van der Waals surface area contributed by atoms with Crippen LogP contribution in [0.5, 0.6) is 0 Å². The van der Waals surface area contributed by atoms with Gasteiger partial charge < -0.3 is 15.0 Å². The molecule has 1 atom stereocenters. The van der Waals surface area contributed by atoms with Gasteiger partial charge in [0.25, 0.3) is 0 Å². The summed E-state index contributed by atoms with van der Waals surface area (Å²) in [5, 5.41) is 3.09. The van der Waals surface area contributed by atoms with Crippen LogP contribution < -0.4 is 5.32 Å². The molecular formula is C14H17ClN2O3.